The van der Waals surface area contributed by atoms with Gasteiger partial charge in [-0.1, -0.05) is 33.1 Å². The third-order valence-corrected chi connectivity index (χ3v) is 3.16. The second-order valence-corrected chi connectivity index (χ2v) is 4.52. The van der Waals surface area contributed by atoms with E-state index in [4.69, 9.17) is 0 Å². The fraction of sp³-hybridized carbons (Fsp3) is 0.643. The Bertz CT molecular complexity index is 432. The highest BCUT2D eigenvalue weighted by molar-refractivity contribution is 5.17. The zero-order chi connectivity index (χ0) is 14.3. The van der Waals surface area contributed by atoms with Gasteiger partial charge in [-0.05, 0) is 25.0 Å². The molecule has 1 aromatic rings. The van der Waals surface area contributed by atoms with Gasteiger partial charge < -0.3 is 9.30 Å². The van der Waals surface area contributed by atoms with E-state index in [-0.39, 0.29) is 11.8 Å². The molecular weight excluding hydrogens is 252 g/mol. The van der Waals surface area contributed by atoms with Crippen LogP contribution in [0.25, 0.3) is 0 Å². The molecule has 1 aromatic heterocycles. The van der Waals surface area contributed by atoms with Gasteiger partial charge in [-0.15, -0.1) is 0 Å². The number of aromatic nitrogens is 1. The predicted octanol–water partition coefficient (Wildman–Crippen LogP) is 3.98. The lowest BCUT2D eigenvalue weighted by molar-refractivity contribution is -0.0512. The average Bonchev–Trinajstić information content (AvgIpc) is 2.37. The maximum Gasteiger partial charge on any atom is 0.387 e. The summed E-state index contributed by atoms with van der Waals surface area (Å²) < 4.78 is 30.1. The van der Waals surface area contributed by atoms with Crippen LogP contribution >= 0.6 is 0 Å². The first-order chi connectivity index (χ1) is 9.10. The van der Waals surface area contributed by atoms with Gasteiger partial charge in [-0.3, -0.25) is 4.79 Å². The van der Waals surface area contributed by atoms with Crippen molar-refractivity contribution < 1.29 is 13.5 Å². The first-order valence-electron chi connectivity index (χ1n) is 6.76. The number of ether oxygens (including phenoxy) is 1. The summed E-state index contributed by atoms with van der Waals surface area (Å²) in [6.45, 7) is 1.14. The molecule has 19 heavy (non-hydrogen) atoms. The lowest BCUT2D eigenvalue weighted by Crippen LogP contribution is -2.26. The number of halogens is 2. The summed E-state index contributed by atoms with van der Waals surface area (Å²) >= 11 is 0. The van der Waals surface area contributed by atoms with E-state index in [2.05, 4.69) is 11.7 Å². The minimum Gasteiger partial charge on any atom is -0.429 e. The Morgan fingerprint density at radius 2 is 2.05 bits per heavy atom. The van der Waals surface area contributed by atoms with Crippen LogP contribution in [0.15, 0.2) is 23.1 Å². The molecule has 0 saturated carbocycles. The topological polar surface area (TPSA) is 31.2 Å². The van der Waals surface area contributed by atoms with Crippen molar-refractivity contribution in [1.82, 2.24) is 4.57 Å². The van der Waals surface area contributed by atoms with Crippen LogP contribution in [0.4, 0.5) is 8.78 Å². The summed E-state index contributed by atoms with van der Waals surface area (Å²) in [5.74, 6) is -0.286. The van der Waals surface area contributed by atoms with Crippen LogP contribution in [0.5, 0.6) is 5.75 Å². The Kier molecular flexibility index (Phi) is 6.53. The number of alkyl halides is 2. The molecular formula is C14H21F2NO2. The third kappa shape index (κ3) is 4.65. The standard InChI is InChI=1S/C14H21F2NO2/c1-3-5-6-8-11(4-2)17-10-7-9-12(13(17)18)19-14(15)16/h7,9-11,14H,3-6,8H2,1-2H3. The summed E-state index contributed by atoms with van der Waals surface area (Å²) in [6, 6.07) is 2.89. The Balaban J connectivity index is 2.88. The van der Waals surface area contributed by atoms with Crippen molar-refractivity contribution in [2.45, 2.75) is 58.6 Å². The zero-order valence-corrected chi connectivity index (χ0v) is 11.4. The van der Waals surface area contributed by atoms with E-state index in [0.29, 0.717) is 0 Å². The minimum absolute atomic E-state index is 0.0419. The molecule has 3 nitrogen and oxygen atoms in total. The van der Waals surface area contributed by atoms with E-state index in [1.807, 2.05) is 6.92 Å². The van der Waals surface area contributed by atoms with Crippen molar-refractivity contribution in [3.05, 3.63) is 28.7 Å². The summed E-state index contributed by atoms with van der Waals surface area (Å²) in [4.78, 5) is 12.0. The molecule has 1 rings (SSSR count). The number of hydrogen-bond acceptors (Lipinski definition) is 2. The van der Waals surface area contributed by atoms with E-state index in [1.54, 1.807) is 12.3 Å². The van der Waals surface area contributed by atoms with E-state index in [9.17, 15) is 13.6 Å². The maximum atomic E-state index is 12.2. The Hall–Kier alpha value is -1.39. The van der Waals surface area contributed by atoms with Gasteiger partial charge in [0, 0.05) is 12.2 Å². The highest BCUT2D eigenvalue weighted by atomic mass is 19.3. The molecule has 0 amide bonds. The molecule has 1 atom stereocenters. The fourth-order valence-corrected chi connectivity index (χ4v) is 2.13. The first-order valence-corrected chi connectivity index (χ1v) is 6.76. The quantitative estimate of drug-likeness (QED) is 0.671. The second-order valence-electron chi connectivity index (χ2n) is 4.52. The molecule has 1 unspecified atom stereocenters. The summed E-state index contributed by atoms with van der Waals surface area (Å²) in [6.07, 6.45) is 6.56. The van der Waals surface area contributed by atoms with Gasteiger partial charge in [0.2, 0.25) is 0 Å². The molecule has 0 aliphatic rings. The van der Waals surface area contributed by atoms with Crippen molar-refractivity contribution in [3.63, 3.8) is 0 Å². The van der Waals surface area contributed by atoms with Gasteiger partial charge in [0.05, 0.1) is 0 Å². The van der Waals surface area contributed by atoms with Crippen molar-refractivity contribution in [3.8, 4) is 5.75 Å². The number of pyridine rings is 1. The van der Waals surface area contributed by atoms with Crippen LogP contribution in [-0.4, -0.2) is 11.2 Å². The first kappa shape index (κ1) is 15.7. The molecule has 0 aliphatic carbocycles. The largest absolute Gasteiger partial charge is 0.429 e. The van der Waals surface area contributed by atoms with Crippen LogP contribution in [0.1, 0.15) is 52.0 Å². The molecule has 108 valence electrons. The van der Waals surface area contributed by atoms with Crippen LogP contribution < -0.4 is 10.3 Å². The molecule has 0 saturated heterocycles. The van der Waals surface area contributed by atoms with Gasteiger partial charge in [-0.25, -0.2) is 0 Å². The predicted molar refractivity (Wildman–Crippen MR) is 70.8 cm³/mol. The summed E-state index contributed by atoms with van der Waals surface area (Å²) in [7, 11) is 0. The molecule has 0 fully saturated rings. The van der Waals surface area contributed by atoms with Crippen molar-refractivity contribution >= 4 is 0 Å². The van der Waals surface area contributed by atoms with Crippen LogP contribution in [-0.2, 0) is 0 Å². The second kappa shape index (κ2) is 7.92. The van der Waals surface area contributed by atoms with Gasteiger partial charge >= 0.3 is 6.61 Å². The molecule has 0 spiro atoms. The monoisotopic (exact) mass is 273 g/mol. The third-order valence-electron chi connectivity index (χ3n) is 3.16. The van der Waals surface area contributed by atoms with Crippen LogP contribution in [0.3, 0.4) is 0 Å². The number of nitrogens with zero attached hydrogens (tertiary/aromatic N) is 1. The SMILES string of the molecule is CCCCCC(CC)n1cccc(OC(F)F)c1=O. The van der Waals surface area contributed by atoms with E-state index in [1.165, 1.54) is 10.6 Å². The molecule has 0 aliphatic heterocycles. The summed E-state index contributed by atoms with van der Waals surface area (Å²) in [5.41, 5.74) is -0.480. The van der Waals surface area contributed by atoms with Crippen LogP contribution in [0.2, 0.25) is 0 Å². The lowest BCUT2D eigenvalue weighted by atomic mass is 10.1. The molecule has 0 N–H and O–H groups in total. The molecule has 0 bridgehead atoms. The molecule has 0 radical (unpaired) electrons. The fourth-order valence-electron chi connectivity index (χ4n) is 2.13. The van der Waals surface area contributed by atoms with Crippen LogP contribution in [0, 0.1) is 0 Å². The lowest BCUT2D eigenvalue weighted by Gasteiger charge is -2.18. The number of unbranched alkanes of at least 4 members (excludes halogenated alkanes) is 2. The molecule has 1 heterocycles. The maximum absolute atomic E-state index is 12.2. The van der Waals surface area contributed by atoms with Gasteiger partial charge in [0.1, 0.15) is 0 Å². The Morgan fingerprint density at radius 3 is 2.63 bits per heavy atom. The highest BCUT2D eigenvalue weighted by Gasteiger charge is 2.14. The summed E-state index contributed by atoms with van der Waals surface area (Å²) in [5, 5.41) is 0. The van der Waals surface area contributed by atoms with Gasteiger partial charge in [-0.2, -0.15) is 8.78 Å². The van der Waals surface area contributed by atoms with E-state index >= 15 is 0 Å². The number of hydrogen-bond donors (Lipinski definition) is 0. The Labute approximate surface area is 112 Å². The normalized spacial score (nSPS) is 12.7. The minimum atomic E-state index is -2.97. The number of rotatable bonds is 8. The van der Waals surface area contributed by atoms with Gasteiger partial charge in [0.15, 0.2) is 5.75 Å². The Morgan fingerprint density at radius 1 is 1.32 bits per heavy atom. The smallest absolute Gasteiger partial charge is 0.387 e. The van der Waals surface area contributed by atoms with Crippen molar-refractivity contribution in [1.29, 1.82) is 0 Å². The molecule has 0 aromatic carbocycles. The van der Waals surface area contributed by atoms with Crippen molar-refractivity contribution in [2.24, 2.45) is 0 Å². The zero-order valence-electron chi connectivity index (χ0n) is 11.4. The van der Waals surface area contributed by atoms with E-state index in [0.717, 1.165) is 32.1 Å². The highest BCUT2D eigenvalue weighted by Crippen LogP contribution is 2.19. The molecule has 5 heteroatoms. The average molecular weight is 273 g/mol. The van der Waals surface area contributed by atoms with Gasteiger partial charge in [0.25, 0.3) is 5.56 Å². The van der Waals surface area contributed by atoms with E-state index < -0.39 is 12.2 Å². The van der Waals surface area contributed by atoms with Crippen molar-refractivity contribution in [2.75, 3.05) is 0 Å².